The molecule has 1 saturated heterocycles. The molecule has 0 aliphatic carbocycles. The van der Waals surface area contributed by atoms with Crippen molar-refractivity contribution in [3.8, 4) is 0 Å². The lowest BCUT2D eigenvalue weighted by molar-refractivity contribution is 0.0421. The molecule has 0 saturated carbocycles. The van der Waals surface area contributed by atoms with Crippen LogP contribution < -0.4 is 5.32 Å². The van der Waals surface area contributed by atoms with Gasteiger partial charge in [0, 0.05) is 24.1 Å². The van der Waals surface area contributed by atoms with Crippen molar-refractivity contribution in [1.82, 2.24) is 10.3 Å². The third-order valence-electron chi connectivity index (χ3n) is 2.68. The first-order valence-electron chi connectivity index (χ1n) is 4.98. The molecule has 5 heteroatoms. The highest BCUT2D eigenvalue weighted by Crippen LogP contribution is 2.20. The van der Waals surface area contributed by atoms with Crippen LogP contribution in [0, 0.1) is 0 Å². The zero-order valence-electron chi connectivity index (χ0n) is 8.66. The fourth-order valence-corrected chi connectivity index (χ4v) is 2.14. The lowest BCUT2D eigenvalue weighted by Crippen LogP contribution is -2.49. The van der Waals surface area contributed by atoms with Gasteiger partial charge in [-0.25, -0.2) is 4.98 Å². The Kier molecular flexibility index (Phi) is 3.02. The summed E-state index contributed by atoms with van der Waals surface area (Å²) in [6.07, 6.45) is 1.73. The minimum Gasteiger partial charge on any atom is -0.381 e. The lowest BCUT2D eigenvalue weighted by Gasteiger charge is -2.34. The molecule has 4 nitrogen and oxygen atoms in total. The predicted octanol–water partition coefficient (Wildman–Crippen LogP) is 1.44. The maximum atomic E-state index is 11.8. The zero-order valence-corrected chi connectivity index (χ0v) is 9.47. The van der Waals surface area contributed by atoms with Crippen LogP contribution in [0.2, 0.25) is 0 Å². The molecule has 2 heterocycles. The number of hydrogen-bond acceptors (Lipinski definition) is 4. The van der Waals surface area contributed by atoms with Crippen molar-refractivity contribution in [2.45, 2.75) is 25.3 Å². The Balaban J connectivity index is 1.98. The second kappa shape index (κ2) is 4.28. The summed E-state index contributed by atoms with van der Waals surface area (Å²) in [6, 6.07) is 0. The third kappa shape index (κ3) is 2.54. The standard InChI is InChI=1S/C10H14N2O2S/c1-10(2-4-14-5-3-10)12-9(13)8-6-15-7-11-8/h6-7H,2-5H2,1H3,(H,12,13). The molecule has 1 aliphatic rings. The fourth-order valence-electron chi connectivity index (χ4n) is 1.61. The van der Waals surface area contributed by atoms with E-state index in [4.69, 9.17) is 4.74 Å². The Morgan fingerprint density at radius 2 is 2.33 bits per heavy atom. The largest absolute Gasteiger partial charge is 0.381 e. The molecule has 0 spiro atoms. The van der Waals surface area contributed by atoms with Gasteiger partial charge in [0.2, 0.25) is 0 Å². The minimum absolute atomic E-state index is 0.0827. The summed E-state index contributed by atoms with van der Waals surface area (Å²) >= 11 is 1.43. The molecule has 1 fully saturated rings. The number of amides is 1. The van der Waals surface area contributed by atoms with Gasteiger partial charge >= 0.3 is 0 Å². The molecule has 2 rings (SSSR count). The van der Waals surface area contributed by atoms with E-state index in [0.717, 1.165) is 12.8 Å². The van der Waals surface area contributed by atoms with Crippen molar-refractivity contribution < 1.29 is 9.53 Å². The van der Waals surface area contributed by atoms with Crippen LogP contribution >= 0.6 is 11.3 Å². The summed E-state index contributed by atoms with van der Waals surface area (Å²) in [5.41, 5.74) is 2.04. The fraction of sp³-hybridized carbons (Fsp3) is 0.600. The number of rotatable bonds is 2. The number of carbonyl (C=O) groups excluding carboxylic acids is 1. The smallest absolute Gasteiger partial charge is 0.271 e. The molecule has 0 unspecified atom stereocenters. The quantitative estimate of drug-likeness (QED) is 0.830. The minimum atomic E-state index is -0.140. The monoisotopic (exact) mass is 226 g/mol. The highest BCUT2D eigenvalue weighted by Gasteiger charge is 2.29. The van der Waals surface area contributed by atoms with Gasteiger partial charge < -0.3 is 10.1 Å². The first-order valence-corrected chi connectivity index (χ1v) is 5.92. The highest BCUT2D eigenvalue weighted by atomic mass is 32.1. The molecule has 0 bridgehead atoms. The van der Waals surface area contributed by atoms with E-state index in [-0.39, 0.29) is 11.4 Å². The Morgan fingerprint density at radius 1 is 1.60 bits per heavy atom. The number of thiazole rings is 1. The van der Waals surface area contributed by atoms with E-state index >= 15 is 0 Å². The number of ether oxygens (including phenoxy) is 1. The molecular formula is C10H14N2O2S. The molecule has 1 N–H and O–H groups in total. The SMILES string of the molecule is CC1(NC(=O)c2cscn2)CCOCC1. The van der Waals surface area contributed by atoms with Crippen molar-refractivity contribution in [2.75, 3.05) is 13.2 Å². The summed E-state index contributed by atoms with van der Waals surface area (Å²) in [4.78, 5) is 15.8. The molecule has 1 amide bonds. The summed E-state index contributed by atoms with van der Waals surface area (Å²) in [6.45, 7) is 3.49. The molecule has 1 aromatic heterocycles. The van der Waals surface area contributed by atoms with Gasteiger partial charge in [-0.15, -0.1) is 11.3 Å². The van der Waals surface area contributed by atoms with Gasteiger partial charge in [0.05, 0.1) is 5.51 Å². The van der Waals surface area contributed by atoms with E-state index in [2.05, 4.69) is 17.2 Å². The average molecular weight is 226 g/mol. The summed E-state index contributed by atoms with van der Waals surface area (Å²) in [5.74, 6) is -0.0827. The predicted molar refractivity (Wildman–Crippen MR) is 58.0 cm³/mol. The summed E-state index contributed by atoms with van der Waals surface area (Å²) < 4.78 is 5.27. The van der Waals surface area contributed by atoms with Crippen molar-refractivity contribution in [3.63, 3.8) is 0 Å². The third-order valence-corrected chi connectivity index (χ3v) is 3.26. The highest BCUT2D eigenvalue weighted by molar-refractivity contribution is 7.07. The number of nitrogens with one attached hydrogen (secondary N) is 1. The van der Waals surface area contributed by atoms with Crippen LogP contribution in [0.1, 0.15) is 30.3 Å². The Morgan fingerprint density at radius 3 is 2.93 bits per heavy atom. The van der Waals surface area contributed by atoms with Crippen LogP contribution in [-0.2, 0) is 4.74 Å². The molecule has 1 aromatic rings. The van der Waals surface area contributed by atoms with Gasteiger partial charge in [-0.05, 0) is 19.8 Å². The number of aromatic nitrogens is 1. The van der Waals surface area contributed by atoms with Crippen LogP contribution in [0.4, 0.5) is 0 Å². The van der Waals surface area contributed by atoms with Crippen LogP contribution in [0.15, 0.2) is 10.9 Å². The molecule has 82 valence electrons. The van der Waals surface area contributed by atoms with Crippen molar-refractivity contribution in [3.05, 3.63) is 16.6 Å². The van der Waals surface area contributed by atoms with Gasteiger partial charge in [-0.2, -0.15) is 0 Å². The van der Waals surface area contributed by atoms with Crippen molar-refractivity contribution in [1.29, 1.82) is 0 Å². The van der Waals surface area contributed by atoms with Crippen LogP contribution in [0.25, 0.3) is 0 Å². The molecule has 15 heavy (non-hydrogen) atoms. The molecule has 0 aromatic carbocycles. The Bertz CT molecular complexity index is 331. The number of carbonyl (C=O) groups is 1. The molecule has 1 aliphatic heterocycles. The van der Waals surface area contributed by atoms with Gasteiger partial charge in [-0.3, -0.25) is 4.79 Å². The first kappa shape index (κ1) is 10.6. The van der Waals surface area contributed by atoms with Gasteiger partial charge in [0.15, 0.2) is 0 Å². The summed E-state index contributed by atoms with van der Waals surface area (Å²) in [7, 11) is 0. The van der Waals surface area contributed by atoms with Crippen LogP contribution in [0.3, 0.4) is 0 Å². The second-order valence-corrected chi connectivity index (χ2v) is 4.72. The second-order valence-electron chi connectivity index (χ2n) is 4.00. The molecule has 0 atom stereocenters. The van der Waals surface area contributed by atoms with Crippen LogP contribution in [-0.4, -0.2) is 29.6 Å². The Hall–Kier alpha value is -0.940. The van der Waals surface area contributed by atoms with Crippen molar-refractivity contribution in [2.24, 2.45) is 0 Å². The van der Waals surface area contributed by atoms with E-state index in [0.29, 0.717) is 18.9 Å². The maximum absolute atomic E-state index is 11.8. The van der Waals surface area contributed by atoms with Crippen LogP contribution in [0.5, 0.6) is 0 Å². The van der Waals surface area contributed by atoms with Gasteiger partial charge in [-0.1, -0.05) is 0 Å². The maximum Gasteiger partial charge on any atom is 0.271 e. The Labute approximate surface area is 92.7 Å². The average Bonchev–Trinajstić information content (AvgIpc) is 2.70. The van der Waals surface area contributed by atoms with Gasteiger partial charge in [0.25, 0.3) is 5.91 Å². The van der Waals surface area contributed by atoms with Gasteiger partial charge in [0.1, 0.15) is 5.69 Å². The van der Waals surface area contributed by atoms with Crippen molar-refractivity contribution >= 4 is 17.2 Å². The normalized spacial score (nSPS) is 19.8. The van der Waals surface area contributed by atoms with E-state index < -0.39 is 0 Å². The van der Waals surface area contributed by atoms with E-state index in [1.807, 2.05) is 0 Å². The van der Waals surface area contributed by atoms with E-state index in [1.165, 1.54) is 11.3 Å². The van der Waals surface area contributed by atoms with E-state index in [1.54, 1.807) is 10.9 Å². The molecular weight excluding hydrogens is 212 g/mol. The zero-order chi connectivity index (χ0) is 10.7. The molecule has 0 radical (unpaired) electrons. The first-order chi connectivity index (χ1) is 7.20. The summed E-state index contributed by atoms with van der Waals surface area (Å²) in [5, 5.41) is 4.78. The number of nitrogens with zero attached hydrogens (tertiary/aromatic N) is 1. The lowest BCUT2D eigenvalue weighted by atomic mass is 9.92. The number of hydrogen-bond donors (Lipinski definition) is 1. The topological polar surface area (TPSA) is 51.2 Å². The van der Waals surface area contributed by atoms with E-state index in [9.17, 15) is 4.79 Å².